The monoisotopic (exact) mass is 268 g/mol. The molecular formula is C10H16N6OS. The van der Waals surface area contributed by atoms with Crippen LogP contribution in [0.2, 0.25) is 0 Å². The molecule has 98 valence electrons. The average molecular weight is 268 g/mol. The standard InChI is InChI=1S/C10H16N6OS/c1-6(2)16-9(4-11)12-13-10(16)18-5-8-7(3)14-17-15-8/h6H,4-5,11H2,1-3H3. The van der Waals surface area contributed by atoms with E-state index in [4.69, 9.17) is 5.73 Å². The van der Waals surface area contributed by atoms with Gasteiger partial charge in [0.1, 0.15) is 17.2 Å². The van der Waals surface area contributed by atoms with Crippen molar-refractivity contribution in [3.05, 3.63) is 17.2 Å². The molecule has 0 aliphatic heterocycles. The zero-order valence-electron chi connectivity index (χ0n) is 10.6. The number of nitrogens with zero attached hydrogens (tertiary/aromatic N) is 5. The van der Waals surface area contributed by atoms with Gasteiger partial charge < -0.3 is 10.3 Å². The normalized spacial score (nSPS) is 11.4. The van der Waals surface area contributed by atoms with Crippen LogP contribution in [0.1, 0.15) is 37.1 Å². The quantitative estimate of drug-likeness (QED) is 0.816. The van der Waals surface area contributed by atoms with Gasteiger partial charge in [-0.1, -0.05) is 22.1 Å². The van der Waals surface area contributed by atoms with E-state index < -0.39 is 0 Å². The Balaban J connectivity index is 2.14. The molecule has 0 saturated carbocycles. The van der Waals surface area contributed by atoms with E-state index in [1.165, 1.54) is 0 Å². The molecule has 0 bridgehead atoms. The van der Waals surface area contributed by atoms with Crippen LogP contribution in [0.15, 0.2) is 9.79 Å². The van der Waals surface area contributed by atoms with Gasteiger partial charge in [0.05, 0.1) is 6.54 Å². The van der Waals surface area contributed by atoms with Gasteiger partial charge in [0, 0.05) is 11.8 Å². The molecule has 2 N–H and O–H groups in total. The summed E-state index contributed by atoms with van der Waals surface area (Å²) in [4.78, 5) is 0. The minimum absolute atomic E-state index is 0.276. The fourth-order valence-electron chi connectivity index (χ4n) is 1.58. The zero-order valence-corrected chi connectivity index (χ0v) is 11.4. The first kappa shape index (κ1) is 13.0. The molecule has 0 fully saturated rings. The van der Waals surface area contributed by atoms with E-state index >= 15 is 0 Å². The van der Waals surface area contributed by atoms with Gasteiger partial charge in [-0.3, -0.25) is 0 Å². The van der Waals surface area contributed by atoms with Crippen LogP contribution in [0, 0.1) is 6.92 Å². The van der Waals surface area contributed by atoms with Crippen LogP contribution in [-0.4, -0.2) is 25.1 Å². The lowest BCUT2D eigenvalue weighted by Crippen LogP contribution is -2.11. The minimum atomic E-state index is 0.276. The maximum atomic E-state index is 5.65. The minimum Gasteiger partial charge on any atom is -0.324 e. The molecule has 0 radical (unpaired) electrons. The maximum absolute atomic E-state index is 5.65. The molecule has 0 amide bonds. The van der Waals surface area contributed by atoms with Crippen LogP contribution in [0.25, 0.3) is 0 Å². The molecule has 0 aromatic carbocycles. The number of aromatic nitrogens is 5. The highest BCUT2D eigenvalue weighted by Crippen LogP contribution is 2.24. The molecule has 18 heavy (non-hydrogen) atoms. The number of rotatable bonds is 5. The maximum Gasteiger partial charge on any atom is 0.191 e. The Morgan fingerprint density at radius 1 is 1.33 bits per heavy atom. The van der Waals surface area contributed by atoms with Crippen molar-refractivity contribution in [1.29, 1.82) is 0 Å². The molecule has 2 aromatic heterocycles. The Labute approximate surface area is 109 Å². The van der Waals surface area contributed by atoms with E-state index in [9.17, 15) is 0 Å². The Bertz CT molecular complexity index is 520. The highest BCUT2D eigenvalue weighted by atomic mass is 32.2. The molecule has 7 nitrogen and oxygen atoms in total. The summed E-state index contributed by atoms with van der Waals surface area (Å²) < 4.78 is 6.70. The van der Waals surface area contributed by atoms with E-state index in [1.54, 1.807) is 11.8 Å². The average Bonchev–Trinajstić information content (AvgIpc) is 2.92. The smallest absolute Gasteiger partial charge is 0.191 e. The molecule has 0 spiro atoms. The largest absolute Gasteiger partial charge is 0.324 e. The summed E-state index contributed by atoms with van der Waals surface area (Å²) in [7, 11) is 0. The highest BCUT2D eigenvalue weighted by Gasteiger charge is 2.15. The second-order valence-electron chi connectivity index (χ2n) is 4.15. The van der Waals surface area contributed by atoms with Crippen molar-refractivity contribution in [2.45, 2.75) is 44.3 Å². The van der Waals surface area contributed by atoms with Crippen molar-refractivity contribution in [1.82, 2.24) is 25.1 Å². The highest BCUT2D eigenvalue weighted by molar-refractivity contribution is 7.98. The lowest BCUT2D eigenvalue weighted by molar-refractivity contribution is 0.302. The van der Waals surface area contributed by atoms with Gasteiger partial charge >= 0.3 is 0 Å². The van der Waals surface area contributed by atoms with Crippen LogP contribution in [0.3, 0.4) is 0 Å². The summed E-state index contributed by atoms with van der Waals surface area (Å²) in [6, 6.07) is 0.276. The van der Waals surface area contributed by atoms with E-state index in [0.717, 1.165) is 22.4 Å². The first-order valence-electron chi connectivity index (χ1n) is 5.68. The van der Waals surface area contributed by atoms with Gasteiger partial charge in [-0.05, 0) is 20.8 Å². The summed E-state index contributed by atoms with van der Waals surface area (Å²) in [5, 5.41) is 16.7. The third-order valence-corrected chi connectivity index (χ3v) is 3.47. The second kappa shape index (κ2) is 5.49. The third-order valence-electron chi connectivity index (χ3n) is 2.52. The van der Waals surface area contributed by atoms with Crippen molar-refractivity contribution in [3.8, 4) is 0 Å². The van der Waals surface area contributed by atoms with Gasteiger partial charge in [0.15, 0.2) is 5.16 Å². The molecule has 0 atom stereocenters. The van der Waals surface area contributed by atoms with Gasteiger partial charge in [-0.25, -0.2) is 4.63 Å². The van der Waals surface area contributed by atoms with Gasteiger partial charge in [0.2, 0.25) is 0 Å². The Morgan fingerprint density at radius 2 is 2.11 bits per heavy atom. The molecule has 2 heterocycles. The van der Waals surface area contributed by atoms with Gasteiger partial charge in [0.25, 0.3) is 0 Å². The number of hydrogen-bond acceptors (Lipinski definition) is 7. The van der Waals surface area contributed by atoms with Crippen LogP contribution < -0.4 is 5.73 Å². The van der Waals surface area contributed by atoms with E-state index in [-0.39, 0.29) is 6.04 Å². The molecule has 0 aliphatic rings. The predicted octanol–water partition coefficient (Wildman–Crippen LogP) is 1.30. The number of thioether (sulfide) groups is 1. The Hall–Kier alpha value is -1.41. The number of nitrogens with two attached hydrogens (primary N) is 1. The van der Waals surface area contributed by atoms with E-state index in [0.29, 0.717) is 12.3 Å². The van der Waals surface area contributed by atoms with E-state index in [1.807, 2.05) is 11.5 Å². The molecule has 0 saturated heterocycles. The zero-order chi connectivity index (χ0) is 13.1. The Morgan fingerprint density at radius 3 is 2.67 bits per heavy atom. The first-order chi connectivity index (χ1) is 8.63. The SMILES string of the molecule is Cc1nonc1CSc1nnc(CN)n1C(C)C. The molecule has 2 rings (SSSR count). The van der Waals surface area contributed by atoms with Crippen molar-refractivity contribution in [3.63, 3.8) is 0 Å². The molecule has 8 heteroatoms. The topological polar surface area (TPSA) is 95.7 Å². The summed E-state index contributed by atoms with van der Waals surface area (Å²) in [5.41, 5.74) is 7.28. The number of aryl methyl sites for hydroxylation is 1. The molecule has 0 aliphatic carbocycles. The van der Waals surface area contributed by atoms with Gasteiger partial charge in [-0.15, -0.1) is 10.2 Å². The predicted molar refractivity (Wildman–Crippen MR) is 66.9 cm³/mol. The summed E-state index contributed by atoms with van der Waals surface area (Å²) in [5.74, 6) is 1.45. The van der Waals surface area contributed by atoms with Crippen LogP contribution in [0.5, 0.6) is 0 Å². The summed E-state index contributed by atoms with van der Waals surface area (Å²) in [6.07, 6.45) is 0. The summed E-state index contributed by atoms with van der Waals surface area (Å²) in [6.45, 7) is 6.41. The van der Waals surface area contributed by atoms with E-state index in [2.05, 4.69) is 39.0 Å². The van der Waals surface area contributed by atoms with Crippen molar-refractivity contribution in [2.24, 2.45) is 5.73 Å². The lowest BCUT2D eigenvalue weighted by atomic mass is 10.4. The number of hydrogen-bond donors (Lipinski definition) is 1. The second-order valence-corrected chi connectivity index (χ2v) is 5.09. The van der Waals surface area contributed by atoms with Crippen LogP contribution >= 0.6 is 11.8 Å². The first-order valence-corrected chi connectivity index (χ1v) is 6.66. The fourth-order valence-corrected chi connectivity index (χ4v) is 2.66. The lowest BCUT2D eigenvalue weighted by Gasteiger charge is -2.12. The third kappa shape index (κ3) is 2.54. The fraction of sp³-hybridized carbons (Fsp3) is 0.600. The van der Waals surface area contributed by atoms with Gasteiger partial charge in [-0.2, -0.15) is 0 Å². The Kier molecular flexibility index (Phi) is 3.97. The van der Waals surface area contributed by atoms with Crippen molar-refractivity contribution >= 4 is 11.8 Å². The molecule has 2 aromatic rings. The van der Waals surface area contributed by atoms with Crippen molar-refractivity contribution < 1.29 is 4.63 Å². The van der Waals surface area contributed by atoms with Crippen LogP contribution in [0.4, 0.5) is 0 Å². The molecule has 0 unspecified atom stereocenters. The van der Waals surface area contributed by atoms with Crippen LogP contribution in [-0.2, 0) is 12.3 Å². The summed E-state index contributed by atoms with van der Waals surface area (Å²) >= 11 is 1.55. The van der Waals surface area contributed by atoms with Crippen molar-refractivity contribution in [2.75, 3.05) is 0 Å². The molecular weight excluding hydrogens is 252 g/mol.